The summed E-state index contributed by atoms with van der Waals surface area (Å²) in [6, 6.07) is 0. The molecule has 3 saturated carbocycles. The van der Waals surface area contributed by atoms with Crippen molar-refractivity contribution in [1.82, 2.24) is 0 Å². The minimum atomic E-state index is -0.629. The first-order chi connectivity index (χ1) is 11.2. The van der Waals surface area contributed by atoms with E-state index in [0.717, 1.165) is 38.0 Å². The molecule has 4 aliphatic carbocycles. The molecule has 0 aromatic rings. The maximum absolute atomic E-state index is 12.8. The summed E-state index contributed by atoms with van der Waals surface area (Å²) in [5.74, 6) is 2.28. The number of ether oxygens (including phenoxy) is 2. The molecule has 5 rings (SSSR count). The Balaban J connectivity index is 1.29. The molecule has 8 atom stereocenters. The van der Waals surface area contributed by atoms with Crippen LogP contribution in [0.2, 0.25) is 0 Å². The molecule has 0 amide bonds. The highest BCUT2D eigenvalue weighted by molar-refractivity contribution is 5.82. The highest BCUT2D eigenvalue weighted by atomic mass is 16.6. The second-order valence-electron chi connectivity index (χ2n) is 8.20. The molecule has 4 heteroatoms. The number of fused-ring (bicyclic) bond motifs is 6. The highest BCUT2D eigenvalue weighted by Gasteiger charge is 2.56. The van der Waals surface area contributed by atoms with Crippen LogP contribution in [-0.2, 0) is 19.1 Å². The van der Waals surface area contributed by atoms with E-state index in [1.807, 2.05) is 0 Å². The fourth-order valence-corrected chi connectivity index (χ4v) is 6.28. The van der Waals surface area contributed by atoms with Gasteiger partial charge in [-0.3, -0.25) is 4.79 Å². The van der Waals surface area contributed by atoms with Gasteiger partial charge in [0.1, 0.15) is 6.10 Å². The number of hydrogen-bond donors (Lipinski definition) is 0. The summed E-state index contributed by atoms with van der Waals surface area (Å²) in [7, 11) is 0. The van der Waals surface area contributed by atoms with Crippen LogP contribution in [0.3, 0.4) is 0 Å². The van der Waals surface area contributed by atoms with Gasteiger partial charge in [0, 0.05) is 5.92 Å². The van der Waals surface area contributed by atoms with Crippen molar-refractivity contribution in [3.8, 4) is 0 Å². The van der Waals surface area contributed by atoms with Crippen LogP contribution in [0, 0.1) is 35.5 Å². The van der Waals surface area contributed by atoms with Crippen molar-refractivity contribution in [2.75, 3.05) is 0 Å². The molecule has 1 saturated heterocycles. The molecule has 8 unspecified atom stereocenters. The molecule has 2 bridgehead atoms. The first-order valence-corrected chi connectivity index (χ1v) is 9.28. The molecule has 124 valence electrons. The van der Waals surface area contributed by atoms with E-state index in [2.05, 4.69) is 12.2 Å². The second-order valence-corrected chi connectivity index (χ2v) is 8.20. The molecule has 4 fully saturated rings. The zero-order valence-corrected chi connectivity index (χ0v) is 13.4. The van der Waals surface area contributed by atoms with Crippen molar-refractivity contribution in [2.45, 2.75) is 57.2 Å². The fraction of sp³-hybridized carbons (Fsp3) is 0.789. The van der Waals surface area contributed by atoms with Crippen molar-refractivity contribution < 1.29 is 19.1 Å². The Hall–Kier alpha value is -1.32. The van der Waals surface area contributed by atoms with Crippen LogP contribution in [0.1, 0.15) is 44.9 Å². The normalized spacial score (nSPS) is 49.8. The van der Waals surface area contributed by atoms with Crippen molar-refractivity contribution in [3.63, 3.8) is 0 Å². The topological polar surface area (TPSA) is 52.6 Å². The van der Waals surface area contributed by atoms with Crippen LogP contribution in [0.4, 0.5) is 0 Å². The summed E-state index contributed by atoms with van der Waals surface area (Å²) in [6.45, 7) is 0. The van der Waals surface area contributed by atoms with Gasteiger partial charge in [-0.1, -0.05) is 12.2 Å². The Morgan fingerprint density at radius 3 is 2.74 bits per heavy atom. The van der Waals surface area contributed by atoms with Gasteiger partial charge >= 0.3 is 11.9 Å². The van der Waals surface area contributed by atoms with E-state index in [4.69, 9.17) is 9.47 Å². The van der Waals surface area contributed by atoms with Crippen LogP contribution < -0.4 is 0 Å². The average molecular weight is 316 g/mol. The van der Waals surface area contributed by atoms with Crippen LogP contribution in [0.5, 0.6) is 0 Å². The molecule has 1 heterocycles. The van der Waals surface area contributed by atoms with Gasteiger partial charge in [0.2, 0.25) is 6.10 Å². The molecule has 5 aliphatic rings. The Morgan fingerprint density at radius 1 is 1.04 bits per heavy atom. The van der Waals surface area contributed by atoms with Crippen molar-refractivity contribution >= 4 is 11.9 Å². The SMILES string of the molecule is O=C(OC1C(=O)OC2CCCC21)C1CC2CC1C1CC=CCC21. The third-order valence-electron chi connectivity index (χ3n) is 7.28. The Morgan fingerprint density at radius 2 is 1.87 bits per heavy atom. The lowest BCUT2D eigenvalue weighted by Crippen LogP contribution is -2.37. The lowest BCUT2D eigenvalue weighted by Gasteiger charge is -2.36. The summed E-state index contributed by atoms with van der Waals surface area (Å²) in [5, 5.41) is 0. The van der Waals surface area contributed by atoms with Gasteiger partial charge in [0.05, 0.1) is 5.92 Å². The van der Waals surface area contributed by atoms with Crippen LogP contribution in [0.15, 0.2) is 12.2 Å². The fourth-order valence-electron chi connectivity index (χ4n) is 6.28. The molecular formula is C19H24O4. The van der Waals surface area contributed by atoms with Gasteiger partial charge in [-0.25, -0.2) is 4.79 Å². The predicted molar refractivity (Wildman–Crippen MR) is 82.2 cm³/mol. The van der Waals surface area contributed by atoms with Gasteiger partial charge < -0.3 is 9.47 Å². The van der Waals surface area contributed by atoms with Crippen LogP contribution >= 0.6 is 0 Å². The quantitative estimate of drug-likeness (QED) is 0.581. The van der Waals surface area contributed by atoms with Crippen LogP contribution in [-0.4, -0.2) is 24.1 Å². The van der Waals surface area contributed by atoms with Crippen molar-refractivity contribution in [2.24, 2.45) is 35.5 Å². The predicted octanol–water partition coefficient (Wildman–Crippen LogP) is 2.86. The van der Waals surface area contributed by atoms with E-state index >= 15 is 0 Å². The molecule has 4 nitrogen and oxygen atoms in total. The van der Waals surface area contributed by atoms with Gasteiger partial charge in [-0.2, -0.15) is 0 Å². The maximum Gasteiger partial charge on any atom is 0.348 e. The number of carbonyl (C=O) groups is 2. The molecule has 0 radical (unpaired) electrons. The lowest BCUT2D eigenvalue weighted by atomic mass is 9.69. The minimum Gasteiger partial charge on any atom is -0.459 e. The zero-order chi connectivity index (χ0) is 15.6. The van der Waals surface area contributed by atoms with E-state index < -0.39 is 6.10 Å². The summed E-state index contributed by atoms with van der Waals surface area (Å²) in [5.41, 5.74) is 0. The summed E-state index contributed by atoms with van der Waals surface area (Å²) < 4.78 is 11.1. The molecular weight excluding hydrogens is 292 g/mol. The maximum atomic E-state index is 12.8. The molecule has 1 aliphatic heterocycles. The Kier molecular flexibility index (Phi) is 3.11. The van der Waals surface area contributed by atoms with Crippen molar-refractivity contribution in [1.29, 1.82) is 0 Å². The first kappa shape index (κ1) is 14.1. The average Bonchev–Trinajstić information content (AvgIpc) is 3.30. The highest BCUT2D eigenvalue weighted by Crippen LogP contribution is 2.59. The van der Waals surface area contributed by atoms with E-state index in [0.29, 0.717) is 17.8 Å². The van der Waals surface area contributed by atoms with Gasteiger partial charge in [0.15, 0.2) is 0 Å². The number of hydrogen-bond acceptors (Lipinski definition) is 4. The first-order valence-electron chi connectivity index (χ1n) is 9.28. The summed E-state index contributed by atoms with van der Waals surface area (Å²) in [6.07, 6.45) is 11.3. The summed E-state index contributed by atoms with van der Waals surface area (Å²) in [4.78, 5) is 24.8. The van der Waals surface area contributed by atoms with Gasteiger partial charge in [-0.15, -0.1) is 0 Å². The molecule has 0 spiro atoms. The van der Waals surface area contributed by atoms with Gasteiger partial charge in [-0.05, 0) is 68.6 Å². The zero-order valence-electron chi connectivity index (χ0n) is 13.4. The Bertz CT molecular complexity index is 568. The van der Waals surface area contributed by atoms with E-state index in [9.17, 15) is 9.59 Å². The smallest absolute Gasteiger partial charge is 0.348 e. The number of rotatable bonds is 2. The second kappa shape index (κ2) is 5.09. The minimum absolute atomic E-state index is 0.00630. The van der Waals surface area contributed by atoms with Gasteiger partial charge in [0.25, 0.3) is 0 Å². The number of esters is 2. The van der Waals surface area contributed by atoms with Crippen molar-refractivity contribution in [3.05, 3.63) is 12.2 Å². The molecule has 0 aromatic carbocycles. The van der Waals surface area contributed by atoms with E-state index in [1.165, 1.54) is 12.8 Å². The van der Waals surface area contributed by atoms with E-state index in [1.54, 1.807) is 0 Å². The number of carbonyl (C=O) groups excluding carboxylic acids is 2. The Labute approximate surface area is 136 Å². The van der Waals surface area contributed by atoms with Crippen LogP contribution in [0.25, 0.3) is 0 Å². The third-order valence-corrected chi connectivity index (χ3v) is 7.28. The molecule has 0 aromatic heterocycles. The lowest BCUT2D eigenvalue weighted by molar-refractivity contribution is -0.167. The molecule has 0 N–H and O–H groups in total. The third kappa shape index (κ3) is 2.03. The monoisotopic (exact) mass is 316 g/mol. The summed E-state index contributed by atoms with van der Waals surface area (Å²) >= 11 is 0. The standard InChI is InChI=1S/C19H24O4/c20-18(23-17-13-6-3-7-16(13)22-19(17)21)15-9-10-8-14(15)12-5-2-1-4-11(10)12/h1-2,10-17H,3-9H2. The molecule has 23 heavy (non-hydrogen) atoms. The largest absolute Gasteiger partial charge is 0.459 e. The number of allylic oxidation sites excluding steroid dienone is 2. The van der Waals surface area contributed by atoms with E-state index in [-0.39, 0.29) is 29.9 Å².